The summed E-state index contributed by atoms with van der Waals surface area (Å²) in [5.41, 5.74) is 4.81. The first-order chi connectivity index (χ1) is 11.7. The number of hydrazone groups is 1. The molecule has 4 nitrogen and oxygen atoms in total. The minimum atomic E-state index is -0.269. The van der Waals surface area contributed by atoms with Crippen molar-refractivity contribution in [2.24, 2.45) is 5.10 Å². The second kappa shape index (κ2) is 6.96. The minimum Gasteiger partial charge on any atom is -0.497 e. The fraction of sp³-hybridized carbons (Fsp3) is 0.100. The van der Waals surface area contributed by atoms with Crippen LogP contribution in [0.3, 0.4) is 0 Å². The summed E-state index contributed by atoms with van der Waals surface area (Å²) in [5, 5.41) is 6.53. The molecule has 0 unspecified atom stereocenters. The second-order valence-electron chi connectivity index (χ2n) is 5.43. The van der Waals surface area contributed by atoms with E-state index in [9.17, 15) is 4.79 Å². The highest BCUT2D eigenvalue weighted by Gasteiger charge is 2.06. The van der Waals surface area contributed by atoms with Crippen LogP contribution in [-0.4, -0.2) is 18.7 Å². The van der Waals surface area contributed by atoms with Crippen LogP contribution in [0.4, 0.5) is 0 Å². The summed E-state index contributed by atoms with van der Waals surface area (Å²) >= 11 is 0. The molecule has 0 radical (unpaired) electrons. The van der Waals surface area contributed by atoms with Gasteiger partial charge in [0.2, 0.25) is 0 Å². The van der Waals surface area contributed by atoms with Crippen molar-refractivity contribution < 1.29 is 9.53 Å². The molecule has 24 heavy (non-hydrogen) atoms. The van der Waals surface area contributed by atoms with Crippen LogP contribution in [0.25, 0.3) is 10.8 Å². The smallest absolute Gasteiger partial charge is 0.271 e. The molecule has 3 aromatic rings. The number of benzene rings is 3. The average Bonchev–Trinajstić information content (AvgIpc) is 2.65. The Labute approximate surface area is 140 Å². The third kappa shape index (κ3) is 3.43. The highest BCUT2D eigenvalue weighted by atomic mass is 16.5. The number of amides is 1. The van der Waals surface area contributed by atoms with Crippen molar-refractivity contribution >= 4 is 22.4 Å². The van der Waals surface area contributed by atoms with Crippen LogP contribution >= 0.6 is 0 Å². The van der Waals surface area contributed by atoms with Crippen molar-refractivity contribution in [2.45, 2.75) is 6.92 Å². The van der Waals surface area contributed by atoms with Gasteiger partial charge in [0.25, 0.3) is 5.91 Å². The molecule has 0 atom stereocenters. The number of carbonyl (C=O) groups is 1. The van der Waals surface area contributed by atoms with Gasteiger partial charge in [-0.25, -0.2) is 5.43 Å². The van der Waals surface area contributed by atoms with Crippen molar-refractivity contribution in [3.8, 4) is 5.75 Å². The highest BCUT2D eigenvalue weighted by Crippen LogP contribution is 2.16. The van der Waals surface area contributed by atoms with Gasteiger partial charge < -0.3 is 4.74 Å². The quantitative estimate of drug-likeness (QED) is 0.584. The average molecular weight is 318 g/mol. The lowest BCUT2D eigenvalue weighted by Gasteiger charge is -2.06. The highest BCUT2D eigenvalue weighted by molar-refractivity contribution is 6.03. The van der Waals surface area contributed by atoms with Gasteiger partial charge in [0.1, 0.15) is 5.75 Å². The zero-order valence-corrected chi connectivity index (χ0v) is 13.6. The van der Waals surface area contributed by atoms with Crippen LogP contribution in [0, 0.1) is 0 Å². The van der Waals surface area contributed by atoms with E-state index in [1.54, 1.807) is 31.4 Å². The zero-order chi connectivity index (χ0) is 16.9. The largest absolute Gasteiger partial charge is 0.497 e. The first-order valence-corrected chi connectivity index (χ1v) is 7.65. The summed E-state index contributed by atoms with van der Waals surface area (Å²) in [6, 6.07) is 21.2. The van der Waals surface area contributed by atoms with Gasteiger partial charge in [-0.3, -0.25) is 4.79 Å². The molecule has 4 heteroatoms. The van der Waals surface area contributed by atoms with Gasteiger partial charge >= 0.3 is 0 Å². The molecule has 0 saturated carbocycles. The number of nitrogens with one attached hydrogen (secondary N) is 1. The first kappa shape index (κ1) is 15.7. The normalized spacial score (nSPS) is 11.3. The molecule has 0 heterocycles. The van der Waals surface area contributed by atoms with Crippen molar-refractivity contribution in [1.82, 2.24) is 5.43 Å². The van der Waals surface area contributed by atoms with E-state index in [0.717, 1.165) is 16.7 Å². The number of ether oxygens (including phenoxy) is 1. The van der Waals surface area contributed by atoms with E-state index >= 15 is 0 Å². The first-order valence-electron chi connectivity index (χ1n) is 7.65. The van der Waals surface area contributed by atoms with Crippen molar-refractivity contribution in [3.63, 3.8) is 0 Å². The molecule has 1 N–H and O–H groups in total. The van der Waals surface area contributed by atoms with Crippen LogP contribution in [0.1, 0.15) is 22.8 Å². The molecule has 0 bridgehead atoms. The molecular formula is C20H18N2O2. The van der Waals surface area contributed by atoms with E-state index in [2.05, 4.69) is 28.7 Å². The molecule has 0 aromatic heterocycles. The zero-order valence-electron chi connectivity index (χ0n) is 13.6. The van der Waals surface area contributed by atoms with Crippen LogP contribution < -0.4 is 10.2 Å². The number of nitrogens with zero attached hydrogens (tertiary/aromatic N) is 1. The number of fused-ring (bicyclic) bond motifs is 1. The molecule has 0 aliphatic rings. The number of carbonyl (C=O) groups excluding carboxylic acids is 1. The number of hydrogen-bond acceptors (Lipinski definition) is 3. The predicted octanol–water partition coefficient (Wildman–Crippen LogP) is 4.00. The Morgan fingerprint density at radius 1 is 0.917 bits per heavy atom. The SMILES string of the molecule is COc1cccc(C(=O)N/N=C(/C)c2ccc3ccccc3c2)c1. The lowest BCUT2D eigenvalue weighted by Crippen LogP contribution is -2.19. The van der Waals surface area contributed by atoms with E-state index in [-0.39, 0.29) is 5.91 Å². The molecular weight excluding hydrogens is 300 g/mol. The summed E-state index contributed by atoms with van der Waals surface area (Å²) in [7, 11) is 1.57. The molecule has 0 fully saturated rings. The van der Waals surface area contributed by atoms with Gasteiger partial charge in [0.15, 0.2) is 0 Å². The van der Waals surface area contributed by atoms with Crippen LogP contribution in [0.2, 0.25) is 0 Å². The third-order valence-electron chi connectivity index (χ3n) is 3.82. The van der Waals surface area contributed by atoms with E-state index in [0.29, 0.717) is 11.3 Å². The minimum absolute atomic E-state index is 0.269. The standard InChI is InChI=1S/C20H18N2O2/c1-14(16-11-10-15-6-3-4-7-17(15)12-16)21-22-20(23)18-8-5-9-19(13-18)24-2/h3-13H,1-2H3,(H,22,23)/b21-14-. The van der Waals surface area contributed by atoms with Gasteiger partial charge in [-0.1, -0.05) is 42.5 Å². The van der Waals surface area contributed by atoms with Crippen LogP contribution in [0.15, 0.2) is 71.8 Å². The summed E-state index contributed by atoms with van der Waals surface area (Å²) < 4.78 is 5.12. The molecule has 0 spiro atoms. The number of hydrogen-bond donors (Lipinski definition) is 1. The lowest BCUT2D eigenvalue weighted by molar-refractivity contribution is 0.0954. The fourth-order valence-corrected chi connectivity index (χ4v) is 2.44. The summed E-state index contributed by atoms with van der Waals surface area (Å²) in [6.45, 7) is 1.87. The summed E-state index contributed by atoms with van der Waals surface area (Å²) in [4.78, 5) is 12.2. The molecule has 0 saturated heterocycles. The lowest BCUT2D eigenvalue weighted by atomic mass is 10.0. The van der Waals surface area contributed by atoms with Gasteiger partial charge in [-0.15, -0.1) is 0 Å². The van der Waals surface area contributed by atoms with E-state index in [4.69, 9.17) is 4.74 Å². The van der Waals surface area contributed by atoms with Gasteiger partial charge in [-0.2, -0.15) is 5.10 Å². The molecule has 3 aromatic carbocycles. The van der Waals surface area contributed by atoms with Gasteiger partial charge in [0, 0.05) is 5.56 Å². The number of methoxy groups -OCH3 is 1. The van der Waals surface area contributed by atoms with Crippen LogP contribution in [-0.2, 0) is 0 Å². The van der Waals surface area contributed by atoms with E-state index < -0.39 is 0 Å². The van der Waals surface area contributed by atoms with E-state index in [1.807, 2.05) is 31.2 Å². The van der Waals surface area contributed by atoms with Crippen molar-refractivity contribution in [2.75, 3.05) is 7.11 Å². The Bertz CT molecular complexity index is 916. The van der Waals surface area contributed by atoms with Gasteiger partial charge in [-0.05, 0) is 47.5 Å². The summed E-state index contributed by atoms with van der Waals surface area (Å²) in [6.07, 6.45) is 0. The molecule has 120 valence electrons. The maximum absolute atomic E-state index is 12.2. The topological polar surface area (TPSA) is 50.7 Å². The third-order valence-corrected chi connectivity index (χ3v) is 3.82. The predicted molar refractivity (Wildman–Crippen MR) is 96.6 cm³/mol. The van der Waals surface area contributed by atoms with Gasteiger partial charge in [0.05, 0.1) is 12.8 Å². The maximum Gasteiger partial charge on any atom is 0.271 e. The Hall–Kier alpha value is -3.14. The molecule has 0 aliphatic carbocycles. The molecule has 1 amide bonds. The van der Waals surface area contributed by atoms with E-state index in [1.165, 1.54) is 5.39 Å². The Balaban J connectivity index is 1.78. The van der Waals surface area contributed by atoms with Crippen LogP contribution in [0.5, 0.6) is 5.75 Å². The monoisotopic (exact) mass is 318 g/mol. The Morgan fingerprint density at radius 2 is 1.71 bits per heavy atom. The maximum atomic E-state index is 12.2. The van der Waals surface area contributed by atoms with Crippen molar-refractivity contribution in [1.29, 1.82) is 0 Å². The second-order valence-corrected chi connectivity index (χ2v) is 5.43. The molecule has 0 aliphatic heterocycles. The molecule has 3 rings (SSSR count). The number of rotatable bonds is 4. The fourth-order valence-electron chi connectivity index (χ4n) is 2.44. The van der Waals surface area contributed by atoms with Crippen molar-refractivity contribution in [3.05, 3.63) is 77.9 Å². The Kier molecular flexibility index (Phi) is 4.57. The summed E-state index contributed by atoms with van der Waals surface area (Å²) in [5.74, 6) is 0.368. The Morgan fingerprint density at radius 3 is 2.50 bits per heavy atom.